The summed E-state index contributed by atoms with van der Waals surface area (Å²) >= 11 is 10.3. The summed E-state index contributed by atoms with van der Waals surface area (Å²) in [5.41, 5.74) is 1.82. The van der Waals surface area contributed by atoms with E-state index in [-0.39, 0.29) is 6.03 Å². The molecule has 0 saturated heterocycles. The molecule has 0 radical (unpaired) electrons. The standard InChI is InChI=1S/C12H11BrClN3OS/c13-10-9(8-4-2-1-3-5-8)16-12(19-10)17-11(18)15-7-6-14/h1-5H,6-7H2,(H2,15,16,17,18). The van der Waals surface area contributed by atoms with Crippen LogP contribution in [0.5, 0.6) is 0 Å². The van der Waals surface area contributed by atoms with E-state index in [0.717, 1.165) is 15.0 Å². The molecule has 2 amide bonds. The van der Waals surface area contributed by atoms with E-state index in [2.05, 4.69) is 31.5 Å². The number of hydrogen-bond acceptors (Lipinski definition) is 3. The van der Waals surface area contributed by atoms with E-state index in [4.69, 9.17) is 11.6 Å². The van der Waals surface area contributed by atoms with E-state index in [9.17, 15) is 4.79 Å². The zero-order chi connectivity index (χ0) is 13.7. The van der Waals surface area contributed by atoms with Gasteiger partial charge in [-0.25, -0.2) is 9.78 Å². The van der Waals surface area contributed by atoms with Crippen molar-refractivity contribution in [3.05, 3.63) is 34.1 Å². The lowest BCUT2D eigenvalue weighted by molar-refractivity contribution is 0.252. The maximum absolute atomic E-state index is 11.5. The molecule has 19 heavy (non-hydrogen) atoms. The largest absolute Gasteiger partial charge is 0.337 e. The first kappa shape index (κ1) is 14.3. The molecule has 0 bridgehead atoms. The molecule has 0 aliphatic heterocycles. The van der Waals surface area contributed by atoms with Crippen LogP contribution >= 0.6 is 38.9 Å². The predicted molar refractivity (Wildman–Crippen MR) is 83.0 cm³/mol. The molecule has 2 rings (SSSR count). The number of nitrogens with zero attached hydrogens (tertiary/aromatic N) is 1. The number of hydrogen-bond donors (Lipinski definition) is 2. The zero-order valence-corrected chi connectivity index (χ0v) is 13.0. The Morgan fingerprint density at radius 1 is 1.37 bits per heavy atom. The first-order chi connectivity index (χ1) is 9.20. The molecule has 0 unspecified atom stereocenters. The Bertz CT molecular complexity index is 561. The van der Waals surface area contributed by atoms with Crippen LogP contribution in [0.15, 0.2) is 34.1 Å². The van der Waals surface area contributed by atoms with Crippen molar-refractivity contribution in [3.63, 3.8) is 0 Å². The number of alkyl halides is 1. The summed E-state index contributed by atoms with van der Waals surface area (Å²) in [6.45, 7) is 0.422. The molecule has 1 aromatic carbocycles. The number of carbonyl (C=O) groups is 1. The Balaban J connectivity index is 2.11. The fourth-order valence-electron chi connectivity index (χ4n) is 1.43. The average Bonchev–Trinajstić information content (AvgIpc) is 2.78. The number of thiazole rings is 1. The Labute approximate surface area is 128 Å². The van der Waals surface area contributed by atoms with Crippen molar-refractivity contribution >= 4 is 50.0 Å². The van der Waals surface area contributed by atoms with E-state index in [1.54, 1.807) is 0 Å². The minimum atomic E-state index is -0.304. The molecule has 2 N–H and O–H groups in total. The van der Waals surface area contributed by atoms with E-state index < -0.39 is 0 Å². The maximum atomic E-state index is 11.5. The number of benzene rings is 1. The quantitative estimate of drug-likeness (QED) is 0.812. The van der Waals surface area contributed by atoms with E-state index in [1.165, 1.54) is 11.3 Å². The Hall–Kier alpha value is -1.11. The molecule has 1 aromatic heterocycles. The molecule has 7 heteroatoms. The van der Waals surface area contributed by atoms with Crippen LogP contribution in [0.25, 0.3) is 11.3 Å². The smallest absolute Gasteiger partial charge is 0.321 e. The highest BCUT2D eigenvalue weighted by molar-refractivity contribution is 9.11. The van der Waals surface area contributed by atoms with Crippen LogP contribution in [0, 0.1) is 0 Å². The third-order valence-corrected chi connectivity index (χ3v) is 4.04. The van der Waals surface area contributed by atoms with Crippen molar-refractivity contribution in [1.29, 1.82) is 0 Å². The molecule has 0 fully saturated rings. The van der Waals surface area contributed by atoms with Crippen molar-refractivity contribution in [1.82, 2.24) is 10.3 Å². The first-order valence-corrected chi connectivity index (χ1v) is 7.67. The van der Waals surface area contributed by atoms with Crippen molar-refractivity contribution in [2.75, 3.05) is 17.7 Å². The highest BCUT2D eigenvalue weighted by Crippen LogP contribution is 2.35. The number of rotatable bonds is 4. The van der Waals surface area contributed by atoms with Gasteiger partial charge in [0, 0.05) is 18.0 Å². The van der Waals surface area contributed by atoms with Crippen LogP contribution in [0.4, 0.5) is 9.93 Å². The molecule has 0 saturated carbocycles. The van der Waals surface area contributed by atoms with Crippen LogP contribution in [0.1, 0.15) is 0 Å². The first-order valence-electron chi connectivity index (χ1n) is 5.53. The summed E-state index contributed by atoms with van der Waals surface area (Å²) in [6, 6.07) is 9.47. The van der Waals surface area contributed by atoms with Crippen LogP contribution in [-0.2, 0) is 0 Å². The van der Waals surface area contributed by atoms with Gasteiger partial charge in [0.1, 0.15) is 0 Å². The Kier molecular flexibility index (Phi) is 5.18. The van der Waals surface area contributed by atoms with Crippen molar-refractivity contribution in [3.8, 4) is 11.3 Å². The Morgan fingerprint density at radius 2 is 2.11 bits per heavy atom. The molecule has 0 aliphatic carbocycles. The molecule has 2 aromatic rings. The van der Waals surface area contributed by atoms with Crippen molar-refractivity contribution in [2.45, 2.75) is 0 Å². The van der Waals surface area contributed by atoms with Gasteiger partial charge in [0.15, 0.2) is 5.13 Å². The highest BCUT2D eigenvalue weighted by atomic mass is 79.9. The molecule has 0 aliphatic rings. The number of urea groups is 1. The van der Waals surface area contributed by atoms with E-state index in [0.29, 0.717) is 17.6 Å². The van der Waals surface area contributed by atoms with Gasteiger partial charge in [-0.3, -0.25) is 5.32 Å². The third-order valence-electron chi connectivity index (χ3n) is 2.23. The number of amides is 2. The number of carbonyl (C=O) groups excluding carboxylic acids is 1. The fraction of sp³-hybridized carbons (Fsp3) is 0.167. The van der Waals surface area contributed by atoms with Gasteiger partial charge in [-0.2, -0.15) is 0 Å². The number of halogens is 2. The second-order valence-corrected chi connectivity index (χ2v) is 6.27. The molecule has 0 spiro atoms. The zero-order valence-electron chi connectivity index (χ0n) is 9.82. The summed E-state index contributed by atoms with van der Waals surface area (Å²) in [7, 11) is 0. The SMILES string of the molecule is O=C(NCCCl)Nc1nc(-c2ccccc2)c(Br)s1. The van der Waals surface area contributed by atoms with Gasteiger partial charge in [0.2, 0.25) is 0 Å². The molecule has 100 valence electrons. The van der Waals surface area contributed by atoms with Gasteiger partial charge in [-0.1, -0.05) is 41.7 Å². The normalized spacial score (nSPS) is 10.2. The summed E-state index contributed by atoms with van der Waals surface area (Å²) < 4.78 is 0.881. The summed E-state index contributed by atoms with van der Waals surface area (Å²) in [6.07, 6.45) is 0. The van der Waals surface area contributed by atoms with Crippen LogP contribution in [-0.4, -0.2) is 23.4 Å². The monoisotopic (exact) mass is 359 g/mol. The lowest BCUT2D eigenvalue weighted by Gasteiger charge is -2.02. The lowest BCUT2D eigenvalue weighted by Crippen LogP contribution is -2.30. The minimum absolute atomic E-state index is 0.304. The van der Waals surface area contributed by atoms with E-state index >= 15 is 0 Å². The lowest BCUT2D eigenvalue weighted by atomic mass is 10.2. The molecule has 4 nitrogen and oxygen atoms in total. The highest BCUT2D eigenvalue weighted by Gasteiger charge is 2.12. The number of anilines is 1. The van der Waals surface area contributed by atoms with Gasteiger partial charge < -0.3 is 5.32 Å². The average molecular weight is 361 g/mol. The van der Waals surface area contributed by atoms with Gasteiger partial charge in [-0.05, 0) is 15.9 Å². The van der Waals surface area contributed by atoms with Gasteiger partial charge in [0.25, 0.3) is 0 Å². The third kappa shape index (κ3) is 3.92. The molecular weight excluding hydrogens is 350 g/mol. The molecular formula is C12H11BrClN3OS. The summed E-state index contributed by atoms with van der Waals surface area (Å²) in [5.74, 6) is 0.379. The van der Waals surface area contributed by atoms with E-state index in [1.807, 2.05) is 30.3 Å². The second kappa shape index (κ2) is 6.88. The Morgan fingerprint density at radius 3 is 2.79 bits per heavy atom. The second-order valence-electron chi connectivity index (χ2n) is 3.58. The van der Waals surface area contributed by atoms with Crippen LogP contribution in [0.2, 0.25) is 0 Å². The minimum Gasteiger partial charge on any atom is -0.337 e. The van der Waals surface area contributed by atoms with Gasteiger partial charge in [-0.15, -0.1) is 11.6 Å². The van der Waals surface area contributed by atoms with Crippen LogP contribution < -0.4 is 10.6 Å². The fourth-order valence-corrected chi connectivity index (χ4v) is 3.01. The molecule has 0 atom stereocenters. The topological polar surface area (TPSA) is 54.0 Å². The number of aromatic nitrogens is 1. The number of nitrogens with one attached hydrogen (secondary N) is 2. The maximum Gasteiger partial charge on any atom is 0.321 e. The van der Waals surface area contributed by atoms with Gasteiger partial charge >= 0.3 is 6.03 Å². The molecule has 1 heterocycles. The summed E-state index contributed by atoms with van der Waals surface area (Å²) in [5, 5.41) is 5.83. The predicted octanol–water partition coefficient (Wildman–Crippen LogP) is 3.93. The van der Waals surface area contributed by atoms with Gasteiger partial charge in [0.05, 0.1) is 9.48 Å². The van der Waals surface area contributed by atoms with Crippen LogP contribution in [0.3, 0.4) is 0 Å². The van der Waals surface area contributed by atoms with Crippen molar-refractivity contribution in [2.24, 2.45) is 0 Å². The van der Waals surface area contributed by atoms with Crippen molar-refractivity contribution < 1.29 is 4.79 Å². The summed E-state index contributed by atoms with van der Waals surface area (Å²) in [4.78, 5) is 15.9.